The fraction of sp³-hybridized carbons (Fsp3) is 0.500. The predicted octanol–water partition coefficient (Wildman–Crippen LogP) is 3.01. The van der Waals surface area contributed by atoms with E-state index in [1.807, 2.05) is 11.0 Å². The molecule has 1 aromatic carbocycles. The lowest BCUT2D eigenvalue weighted by atomic mass is 10.1. The van der Waals surface area contributed by atoms with Crippen molar-refractivity contribution in [2.24, 2.45) is 0 Å². The third-order valence-corrected chi connectivity index (χ3v) is 6.44. The van der Waals surface area contributed by atoms with Crippen LogP contribution in [0.15, 0.2) is 30.4 Å². The molecule has 198 valence electrons. The number of halogens is 2. The first-order chi connectivity index (χ1) is 17.1. The van der Waals surface area contributed by atoms with Gasteiger partial charge in [-0.05, 0) is 50.6 Å². The topological polar surface area (TPSA) is 128 Å². The standard InChI is InChI=1S/C20H27Cl2N3O3.C4H4O4/c1-2-28-20(27)24-9-10-25(16(14-24)13-23-7-3-4-8-23)19(26)12-15-5-6-17(21)18(22)11-15;5-3(6)1-2-4(7)8/h5-6,11,16H,2-4,7-10,12-14H2,1H3;1-2H,(H,5,6)(H,7,8)/b;2-1+. The van der Waals surface area contributed by atoms with Crippen LogP contribution in [0.1, 0.15) is 25.3 Å². The van der Waals surface area contributed by atoms with Gasteiger partial charge in [-0.3, -0.25) is 4.79 Å². The maximum Gasteiger partial charge on any atom is 0.409 e. The zero-order chi connectivity index (χ0) is 26.7. The SMILES string of the molecule is CCOC(=O)N1CCN(C(=O)Cc2ccc(Cl)c(Cl)c2)C(CN2CCCC2)C1.O=C(O)/C=C/C(=O)O. The third kappa shape index (κ3) is 9.67. The van der Waals surface area contributed by atoms with Gasteiger partial charge in [-0.25, -0.2) is 14.4 Å². The molecule has 2 N–H and O–H groups in total. The van der Waals surface area contributed by atoms with E-state index in [0.29, 0.717) is 48.4 Å². The number of hydrogen-bond donors (Lipinski definition) is 2. The molecule has 2 heterocycles. The molecule has 2 aliphatic rings. The molecule has 36 heavy (non-hydrogen) atoms. The fourth-order valence-electron chi connectivity index (χ4n) is 4.05. The number of rotatable bonds is 7. The summed E-state index contributed by atoms with van der Waals surface area (Å²) in [7, 11) is 0. The molecule has 2 saturated heterocycles. The summed E-state index contributed by atoms with van der Waals surface area (Å²) in [5.41, 5.74) is 0.840. The van der Waals surface area contributed by atoms with Crippen molar-refractivity contribution in [2.45, 2.75) is 32.2 Å². The van der Waals surface area contributed by atoms with Crippen molar-refractivity contribution in [2.75, 3.05) is 45.9 Å². The highest BCUT2D eigenvalue weighted by molar-refractivity contribution is 6.42. The zero-order valence-corrected chi connectivity index (χ0v) is 21.6. The number of amides is 2. The van der Waals surface area contributed by atoms with Gasteiger partial charge >= 0.3 is 18.0 Å². The number of carboxylic acid groups (broad SMARTS) is 2. The van der Waals surface area contributed by atoms with Gasteiger partial charge in [-0.2, -0.15) is 0 Å². The third-order valence-electron chi connectivity index (χ3n) is 5.70. The van der Waals surface area contributed by atoms with Crippen LogP contribution in [0.5, 0.6) is 0 Å². The van der Waals surface area contributed by atoms with Gasteiger partial charge in [0.25, 0.3) is 0 Å². The van der Waals surface area contributed by atoms with E-state index in [9.17, 15) is 19.2 Å². The van der Waals surface area contributed by atoms with E-state index in [1.54, 1.807) is 24.0 Å². The summed E-state index contributed by atoms with van der Waals surface area (Å²) >= 11 is 12.1. The Morgan fingerprint density at radius 2 is 1.64 bits per heavy atom. The molecule has 1 unspecified atom stereocenters. The Hall–Kier alpha value is -2.82. The van der Waals surface area contributed by atoms with E-state index in [1.165, 1.54) is 12.8 Å². The molecule has 0 bridgehead atoms. The van der Waals surface area contributed by atoms with E-state index >= 15 is 0 Å². The molecule has 1 atom stereocenters. The highest BCUT2D eigenvalue weighted by atomic mass is 35.5. The maximum absolute atomic E-state index is 13.0. The first kappa shape index (κ1) is 29.4. The number of benzene rings is 1. The highest BCUT2D eigenvalue weighted by Gasteiger charge is 2.34. The van der Waals surface area contributed by atoms with Gasteiger partial charge in [-0.15, -0.1) is 0 Å². The minimum absolute atomic E-state index is 0.0356. The van der Waals surface area contributed by atoms with Crippen LogP contribution < -0.4 is 0 Å². The van der Waals surface area contributed by atoms with E-state index in [2.05, 4.69) is 4.90 Å². The molecule has 2 fully saturated rings. The van der Waals surface area contributed by atoms with Crippen molar-refractivity contribution in [3.63, 3.8) is 0 Å². The molecule has 1 aromatic rings. The zero-order valence-electron chi connectivity index (χ0n) is 20.1. The summed E-state index contributed by atoms with van der Waals surface area (Å²) in [4.78, 5) is 50.3. The molecule has 10 nitrogen and oxygen atoms in total. The van der Waals surface area contributed by atoms with Crippen molar-refractivity contribution in [3.8, 4) is 0 Å². The summed E-state index contributed by atoms with van der Waals surface area (Å²) in [5, 5.41) is 16.6. The van der Waals surface area contributed by atoms with Crippen LogP contribution in [-0.2, 0) is 25.5 Å². The second kappa shape index (κ2) is 14.7. The van der Waals surface area contributed by atoms with Gasteiger partial charge in [-0.1, -0.05) is 29.3 Å². The number of carbonyl (C=O) groups is 4. The van der Waals surface area contributed by atoms with Gasteiger partial charge in [0.05, 0.1) is 29.1 Å². The largest absolute Gasteiger partial charge is 0.478 e. The summed E-state index contributed by atoms with van der Waals surface area (Å²) in [6.07, 6.45) is 3.46. The van der Waals surface area contributed by atoms with E-state index in [-0.39, 0.29) is 24.5 Å². The van der Waals surface area contributed by atoms with Gasteiger partial charge in [0.1, 0.15) is 0 Å². The molecule has 0 spiro atoms. The second-order valence-corrected chi connectivity index (χ2v) is 9.14. The Labute approximate surface area is 220 Å². The van der Waals surface area contributed by atoms with Crippen molar-refractivity contribution >= 4 is 47.1 Å². The molecule has 0 radical (unpaired) electrons. The van der Waals surface area contributed by atoms with Crippen LogP contribution in [0.4, 0.5) is 4.79 Å². The summed E-state index contributed by atoms with van der Waals surface area (Å²) in [5.74, 6) is -2.47. The van der Waals surface area contributed by atoms with Crippen LogP contribution >= 0.6 is 23.2 Å². The minimum Gasteiger partial charge on any atom is -0.478 e. The van der Waals surface area contributed by atoms with Crippen molar-refractivity contribution in [1.82, 2.24) is 14.7 Å². The van der Waals surface area contributed by atoms with Crippen molar-refractivity contribution in [1.29, 1.82) is 0 Å². The molecule has 3 rings (SSSR count). The first-order valence-electron chi connectivity index (χ1n) is 11.6. The lowest BCUT2D eigenvalue weighted by Gasteiger charge is -2.42. The van der Waals surface area contributed by atoms with Crippen LogP contribution in [0.3, 0.4) is 0 Å². The Morgan fingerprint density at radius 3 is 2.19 bits per heavy atom. The molecule has 0 aromatic heterocycles. The maximum atomic E-state index is 13.0. The smallest absolute Gasteiger partial charge is 0.409 e. The average molecular weight is 544 g/mol. The van der Waals surface area contributed by atoms with Crippen LogP contribution in [0.25, 0.3) is 0 Å². The van der Waals surface area contributed by atoms with Gasteiger partial charge < -0.3 is 29.6 Å². The van der Waals surface area contributed by atoms with Gasteiger partial charge in [0, 0.05) is 38.3 Å². The lowest BCUT2D eigenvalue weighted by molar-refractivity contribution is -0.135. The van der Waals surface area contributed by atoms with E-state index < -0.39 is 11.9 Å². The quantitative estimate of drug-likeness (QED) is 0.502. The molecule has 0 aliphatic carbocycles. The van der Waals surface area contributed by atoms with Gasteiger partial charge in [0.15, 0.2) is 0 Å². The number of carboxylic acids is 2. The molecule has 0 saturated carbocycles. The Bertz CT molecular complexity index is 951. The number of carbonyl (C=O) groups excluding carboxylic acids is 2. The Kier molecular flexibility index (Phi) is 12.0. The van der Waals surface area contributed by atoms with Crippen molar-refractivity contribution < 1.29 is 34.1 Å². The number of nitrogens with zero attached hydrogens (tertiary/aromatic N) is 3. The summed E-state index contributed by atoms with van der Waals surface area (Å²) in [6, 6.07) is 5.25. The van der Waals surface area contributed by atoms with Crippen LogP contribution in [-0.4, -0.2) is 101 Å². The van der Waals surface area contributed by atoms with Crippen LogP contribution in [0, 0.1) is 0 Å². The monoisotopic (exact) mass is 543 g/mol. The Morgan fingerprint density at radius 1 is 1.00 bits per heavy atom. The normalized spacial score (nSPS) is 18.0. The minimum atomic E-state index is -1.26. The molecular formula is C24H31Cl2N3O7. The predicted molar refractivity (Wildman–Crippen MR) is 134 cm³/mol. The summed E-state index contributed by atoms with van der Waals surface area (Å²) in [6.45, 7) is 6.53. The van der Waals surface area contributed by atoms with E-state index in [4.69, 9.17) is 38.2 Å². The number of hydrogen-bond acceptors (Lipinski definition) is 6. The molecule has 12 heteroatoms. The first-order valence-corrected chi connectivity index (χ1v) is 12.4. The second-order valence-electron chi connectivity index (χ2n) is 8.33. The van der Waals surface area contributed by atoms with Crippen LogP contribution in [0.2, 0.25) is 10.0 Å². The fourth-order valence-corrected chi connectivity index (χ4v) is 4.37. The number of aliphatic carboxylic acids is 2. The average Bonchev–Trinajstić information content (AvgIpc) is 3.33. The number of ether oxygens (including phenoxy) is 1. The van der Waals surface area contributed by atoms with E-state index in [0.717, 1.165) is 25.2 Å². The molecule has 2 amide bonds. The molecule has 2 aliphatic heterocycles. The highest BCUT2D eigenvalue weighted by Crippen LogP contribution is 2.24. The number of likely N-dealkylation sites (tertiary alicyclic amines) is 1. The lowest BCUT2D eigenvalue weighted by Crippen LogP contribution is -2.60. The summed E-state index contributed by atoms with van der Waals surface area (Å²) < 4.78 is 5.16. The molecular weight excluding hydrogens is 513 g/mol. The Balaban J connectivity index is 0.000000493. The number of piperazine rings is 1. The van der Waals surface area contributed by atoms with Crippen molar-refractivity contribution in [3.05, 3.63) is 46.0 Å². The van der Waals surface area contributed by atoms with Gasteiger partial charge in [0.2, 0.25) is 5.91 Å².